The van der Waals surface area contributed by atoms with Crippen molar-refractivity contribution in [1.29, 1.82) is 0 Å². The van der Waals surface area contributed by atoms with Crippen LogP contribution in [0.4, 0.5) is 0 Å². The predicted octanol–water partition coefficient (Wildman–Crippen LogP) is 15.4. The molecule has 284 valence electrons. The largest absolute Gasteiger partial charge is 0.309 e. The molecular weight excluding hydrogens is 739 g/mol. The number of para-hydroxylation sites is 3. The first-order valence-electron chi connectivity index (χ1n) is 20.8. The lowest BCUT2D eigenvalue weighted by molar-refractivity contribution is 1.15. The van der Waals surface area contributed by atoms with E-state index in [-0.39, 0.29) is 0 Å². The van der Waals surface area contributed by atoms with Gasteiger partial charge >= 0.3 is 0 Å². The van der Waals surface area contributed by atoms with Crippen LogP contribution in [-0.2, 0) is 0 Å². The minimum absolute atomic E-state index is 0.678. The quantitative estimate of drug-likeness (QED) is 0.124. The van der Waals surface area contributed by atoms with Crippen molar-refractivity contribution in [3.8, 4) is 61.8 Å². The van der Waals surface area contributed by atoms with Crippen LogP contribution in [0.1, 0.15) is 0 Å². The summed E-state index contributed by atoms with van der Waals surface area (Å²) in [5, 5.41) is 9.92. The maximum atomic E-state index is 5.41. The van der Waals surface area contributed by atoms with E-state index < -0.39 is 0 Å². The van der Waals surface area contributed by atoms with Gasteiger partial charge in [0, 0.05) is 27.5 Å². The summed E-state index contributed by atoms with van der Waals surface area (Å²) >= 11 is 0. The first kappa shape index (κ1) is 34.9. The fourth-order valence-electron chi connectivity index (χ4n) is 9.31. The summed E-state index contributed by atoms with van der Waals surface area (Å²) in [7, 11) is 0. The highest BCUT2D eigenvalue weighted by Crippen LogP contribution is 2.41. The molecule has 0 spiro atoms. The number of nitrogens with zero attached hydrogens (tertiary/aromatic N) is 3. The molecule has 2 aromatic heterocycles. The lowest BCUT2D eigenvalue weighted by Crippen LogP contribution is -2.00. The van der Waals surface area contributed by atoms with Gasteiger partial charge in [-0.05, 0) is 84.9 Å². The molecule has 12 aromatic rings. The lowest BCUT2D eigenvalue weighted by atomic mass is 9.89. The summed E-state index contributed by atoms with van der Waals surface area (Å²) in [6.07, 6.45) is 0. The Balaban J connectivity index is 1.04. The van der Waals surface area contributed by atoms with Crippen LogP contribution in [0.25, 0.3) is 116 Å². The highest BCUT2D eigenvalue weighted by molar-refractivity contribution is 6.20. The normalized spacial score (nSPS) is 11.6. The molecule has 0 aliphatic heterocycles. The lowest BCUT2D eigenvalue weighted by Gasteiger charge is -2.16. The minimum Gasteiger partial charge on any atom is -0.309 e. The molecule has 0 bridgehead atoms. The van der Waals surface area contributed by atoms with Gasteiger partial charge in [0.2, 0.25) is 0 Å². The van der Waals surface area contributed by atoms with Crippen LogP contribution >= 0.6 is 0 Å². The van der Waals surface area contributed by atoms with Gasteiger partial charge in [-0.1, -0.05) is 194 Å². The Bertz CT molecular complexity index is 3570. The van der Waals surface area contributed by atoms with Crippen molar-refractivity contribution in [2.75, 3.05) is 0 Å². The second kappa shape index (κ2) is 14.3. The van der Waals surface area contributed by atoms with Crippen LogP contribution in [0, 0.1) is 0 Å². The van der Waals surface area contributed by atoms with Crippen LogP contribution in [0.2, 0.25) is 0 Å². The Morgan fingerprint density at radius 3 is 1.59 bits per heavy atom. The molecule has 3 nitrogen and oxygen atoms in total. The van der Waals surface area contributed by atoms with Crippen molar-refractivity contribution in [2.45, 2.75) is 0 Å². The van der Waals surface area contributed by atoms with Crippen LogP contribution in [0.5, 0.6) is 0 Å². The third-order valence-electron chi connectivity index (χ3n) is 12.2. The molecule has 3 heteroatoms. The first-order chi connectivity index (χ1) is 30.2. The van der Waals surface area contributed by atoms with Crippen molar-refractivity contribution < 1.29 is 0 Å². The molecule has 0 atom stereocenters. The Morgan fingerprint density at radius 2 is 0.836 bits per heavy atom. The zero-order valence-electron chi connectivity index (χ0n) is 33.2. The second-order valence-electron chi connectivity index (χ2n) is 15.7. The number of benzene rings is 10. The highest BCUT2D eigenvalue weighted by atomic mass is 15.0. The zero-order chi connectivity index (χ0) is 40.3. The van der Waals surface area contributed by atoms with Gasteiger partial charge in [-0.2, -0.15) is 0 Å². The molecular formula is C58H37N3. The van der Waals surface area contributed by atoms with Gasteiger partial charge in [-0.25, -0.2) is 9.97 Å². The van der Waals surface area contributed by atoms with Crippen molar-refractivity contribution >= 4 is 54.1 Å². The van der Waals surface area contributed by atoms with E-state index in [2.05, 4.69) is 229 Å². The van der Waals surface area contributed by atoms with E-state index in [1.807, 2.05) is 0 Å². The van der Waals surface area contributed by atoms with Crippen molar-refractivity contribution in [1.82, 2.24) is 14.5 Å². The molecule has 0 saturated heterocycles. The fourth-order valence-corrected chi connectivity index (χ4v) is 9.31. The number of rotatable bonds is 6. The highest BCUT2D eigenvalue weighted by Gasteiger charge is 2.19. The maximum absolute atomic E-state index is 5.41. The van der Waals surface area contributed by atoms with E-state index >= 15 is 0 Å². The predicted molar refractivity (Wildman–Crippen MR) is 256 cm³/mol. The monoisotopic (exact) mass is 775 g/mol. The average Bonchev–Trinajstić information content (AvgIpc) is 3.68. The molecule has 12 rings (SSSR count). The van der Waals surface area contributed by atoms with Crippen LogP contribution in [-0.4, -0.2) is 14.5 Å². The molecule has 0 radical (unpaired) electrons. The fraction of sp³-hybridized carbons (Fsp3) is 0. The number of hydrogen-bond donors (Lipinski definition) is 0. The summed E-state index contributed by atoms with van der Waals surface area (Å²) in [5.74, 6) is 0.678. The van der Waals surface area contributed by atoms with Crippen LogP contribution in [0.15, 0.2) is 224 Å². The standard InChI is InChI=1S/C58H37N3/c1-2-14-38(15-3-1)39-26-28-41(29-27-39)52-37-53(50-22-10-13-25-56(50)61-54-23-11-8-20-47(54)48-21-9-12-24-55(48)61)60-58(59-52)43-32-30-42(31-33-43)57-46-19-7-5-17-44(46)36-51-45-18-6-4-16-40(45)34-35-49(51)57/h1-37H. The third kappa shape index (κ3) is 5.90. The summed E-state index contributed by atoms with van der Waals surface area (Å²) < 4.78 is 2.38. The smallest absolute Gasteiger partial charge is 0.160 e. The number of fused-ring (bicyclic) bond motifs is 7. The number of aromatic nitrogens is 3. The molecule has 10 aromatic carbocycles. The molecule has 0 aliphatic rings. The van der Waals surface area contributed by atoms with Crippen LogP contribution in [0.3, 0.4) is 0 Å². The minimum atomic E-state index is 0.678. The number of hydrogen-bond acceptors (Lipinski definition) is 2. The summed E-state index contributed by atoms with van der Waals surface area (Å²) in [4.78, 5) is 10.7. The Morgan fingerprint density at radius 1 is 0.295 bits per heavy atom. The summed E-state index contributed by atoms with van der Waals surface area (Å²) in [5.41, 5.74) is 12.9. The molecule has 2 heterocycles. The maximum Gasteiger partial charge on any atom is 0.160 e. The van der Waals surface area contributed by atoms with Gasteiger partial charge in [-0.3, -0.25) is 0 Å². The van der Waals surface area contributed by atoms with Crippen molar-refractivity contribution in [2.24, 2.45) is 0 Å². The van der Waals surface area contributed by atoms with Crippen LogP contribution < -0.4 is 0 Å². The summed E-state index contributed by atoms with van der Waals surface area (Å²) in [6.45, 7) is 0. The van der Waals surface area contributed by atoms with Crippen molar-refractivity contribution in [3.05, 3.63) is 224 Å². The third-order valence-corrected chi connectivity index (χ3v) is 12.2. The average molecular weight is 776 g/mol. The van der Waals surface area contributed by atoms with E-state index in [1.54, 1.807) is 0 Å². The van der Waals surface area contributed by atoms with Crippen molar-refractivity contribution in [3.63, 3.8) is 0 Å². The van der Waals surface area contributed by atoms with Gasteiger partial charge < -0.3 is 4.57 Å². The second-order valence-corrected chi connectivity index (χ2v) is 15.7. The van der Waals surface area contributed by atoms with E-state index in [0.29, 0.717) is 5.82 Å². The molecule has 0 amide bonds. The van der Waals surface area contributed by atoms with E-state index in [4.69, 9.17) is 9.97 Å². The Kier molecular flexibility index (Phi) is 8.17. The zero-order valence-corrected chi connectivity index (χ0v) is 33.2. The molecule has 61 heavy (non-hydrogen) atoms. The SMILES string of the molecule is c1ccc(-c2ccc(-c3cc(-c4ccccc4-n4c5ccccc5c5ccccc54)nc(-c4ccc(-c5c6ccccc6cc6c5ccc5ccccc56)cc4)n3)cc2)cc1. The summed E-state index contributed by atoms with van der Waals surface area (Å²) in [6, 6.07) is 80.4. The Hall–Kier alpha value is -8.14. The van der Waals surface area contributed by atoms with Gasteiger partial charge in [0.05, 0.1) is 28.1 Å². The van der Waals surface area contributed by atoms with Gasteiger partial charge in [0.25, 0.3) is 0 Å². The van der Waals surface area contributed by atoms with Gasteiger partial charge in [-0.15, -0.1) is 0 Å². The molecule has 0 fully saturated rings. The van der Waals surface area contributed by atoms with E-state index in [9.17, 15) is 0 Å². The molecule has 0 N–H and O–H groups in total. The van der Waals surface area contributed by atoms with Gasteiger partial charge in [0.1, 0.15) is 0 Å². The molecule has 0 unspecified atom stereocenters. The Labute approximate surface area is 353 Å². The molecule has 0 saturated carbocycles. The van der Waals surface area contributed by atoms with E-state index in [1.165, 1.54) is 59.8 Å². The topological polar surface area (TPSA) is 30.7 Å². The van der Waals surface area contributed by atoms with E-state index in [0.717, 1.165) is 50.4 Å². The van der Waals surface area contributed by atoms with Gasteiger partial charge in [0.15, 0.2) is 5.82 Å². The first-order valence-corrected chi connectivity index (χ1v) is 20.8. The molecule has 0 aliphatic carbocycles.